The summed E-state index contributed by atoms with van der Waals surface area (Å²) in [5, 5.41) is 0. The van der Waals surface area contributed by atoms with Gasteiger partial charge in [0.05, 0.1) is 0 Å². The van der Waals surface area contributed by atoms with Gasteiger partial charge in [0.25, 0.3) is 5.91 Å². The molecule has 1 atom stereocenters. The topological polar surface area (TPSA) is 40.6 Å². The van der Waals surface area contributed by atoms with E-state index in [1.165, 1.54) is 0 Å². The van der Waals surface area contributed by atoms with Crippen molar-refractivity contribution in [3.05, 3.63) is 29.8 Å². The highest BCUT2D eigenvalue weighted by Gasteiger charge is 2.39. The number of anilines is 1. The first-order valence-electron chi connectivity index (χ1n) is 7.35. The molecule has 1 heterocycles. The average Bonchev–Trinajstić information content (AvgIpc) is 2.79. The first-order valence-corrected chi connectivity index (χ1v) is 7.35. The molecule has 1 aromatic rings. The van der Waals surface area contributed by atoms with Gasteiger partial charge in [-0.2, -0.15) is 0 Å². The largest absolute Gasteiger partial charge is 0.345 e. The van der Waals surface area contributed by atoms with Crippen LogP contribution < -0.4 is 4.90 Å². The lowest BCUT2D eigenvalue weighted by atomic mass is 9.85. The van der Waals surface area contributed by atoms with Gasteiger partial charge in [0.1, 0.15) is 0 Å². The Morgan fingerprint density at radius 1 is 1.29 bits per heavy atom. The van der Waals surface area contributed by atoms with Crippen LogP contribution in [-0.4, -0.2) is 36.9 Å². The van der Waals surface area contributed by atoms with Crippen molar-refractivity contribution < 1.29 is 9.59 Å². The number of amides is 2. The van der Waals surface area contributed by atoms with Crippen molar-refractivity contribution in [2.24, 2.45) is 5.41 Å². The maximum Gasteiger partial charge on any atom is 0.253 e. The van der Waals surface area contributed by atoms with E-state index < -0.39 is 0 Å². The minimum absolute atomic E-state index is 0.0215. The molecule has 4 nitrogen and oxygen atoms in total. The molecular formula is C17H24N2O2. The average molecular weight is 288 g/mol. The van der Waals surface area contributed by atoms with Gasteiger partial charge >= 0.3 is 0 Å². The summed E-state index contributed by atoms with van der Waals surface area (Å²) in [6.07, 6.45) is 1.45. The van der Waals surface area contributed by atoms with Crippen LogP contribution in [-0.2, 0) is 4.79 Å². The summed E-state index contributed by atoms with van der Waals surface area (Å²) in [4.78, 5) is 27.8. The third-order valence-corrected chi connectivity index (χ3v) is 3.99. The molecule has 4 heteroatoms. The molecule has 1 aliphatic rings. The summed E-state index contributed by atoms with van der Waals surface area (Å²) in [6.45, 7) is 6.45. The molecule has 114 valence electrons. The fraction of sp³-hybridized carbons (Fsp3) is 0.529. The normalized spacial score (nSPS) is 19.0. The molecule has 2 rings (SSSR count). The number of carbonyl (C=O) groups excluding carboxylic acids is 2. The van der Waals surface area contributed by atoms with Gasteiger partial charge in [-0.15, -0.1) is 0 Å². The predicted octanol–water partition coefficient (Wildman–Crippen LogP) is 2.93. The molecule has 0 radical (unpaired) electrons. The lowest BCUT2D eigenvalue weighted by Gasteiger charge is -2.35. The van der Waals surface area contributed by atoms with E-state index in [0.717, 1.165) is 12.1 Å². The third kappa shape index (κ3) is 3.09. The Labute approximate surface area is 126 Å². The number of rotatable bonds is 2. The van der Waals surface area contributed by atoms with Gasteiger partial charge in [-0.25, -0.2) is 0 Å². The second-order valence-corrected chi connectivity index (χ2v) is 6.93. The third-order valence-electron chi connectivity index (χ3n) is 3.99. The van der Waals surface area contributed by atoms with Crippen LogP contribution in [0.25, 0.3) is 0 Å². The Balaban J connectivity index is 2.38. The zero-order valence-corrected chi connectivity index (χ0v) is 13.5. The molecule has 0 aromatic heterocycles. The highest BCUT2D eigenvalue weighted by Crippen LogP contribution is 2.37. The van der Waals surface area contributed by atoms with Gasteiger partial charge in [0.15, 0.2) is 0 Å². The quantitative estimate of drug-likeness (QED) is 0.839. The Morgan fingerprint density at radius 3 is 2.52 bits per heavy atom. The van der Waals surface area contributed by atoms with Gasteiger partial charge in [-0.1, -0.05) is 26.8 Å². The Bertz CT molecular complexity index is 558. The molecule has 1 aliphatic heterocycles. The minimum atomic E-state index is -0.0456. The number of nitrogens with zero attached hydrogens (tertiary/aromatic N) is 2. The monoisotopic (exact) mass is 288 g/mol. The second-order valence-electron chi connectivity index (χ2n) is 6.93. The molecule has 0 aliphatic carbocycles. The van der Waals surface area contributed by atoms with Crippen LogP contribution in [0.5, 0.6) is 0 Å². The second kappa shape index (κ2) is 5.51. The Kier molecular flexibility index (Phi) is 4.08. The van der Waals surface area contributed by atoms with Crippen LogP contribution in [0.4, 0.5) is 5.69 Å². The van der Waals surface area contributed by atoms with Crippen LogP contribution in [0.2, 0.25) is 0 Å². The van der Waals surface area contributed by atoms with Crippen molar-refractivity contribution >= 4 is 17.5 Å². The predicted molar refractivity (Wildman–Crippen MR) is 84.4 cm³/mol. The van der Waals surface area contributed by atoms with Gasteiger partial charge < -0.3 is 9.80 Å². The zero-order chi connectivity index (χ0) is 15.8. The van der Waals surface area contributed by atoms with Crippen LogP contribution in [0.3, 0.4) is 0 Å². The number of hydrogen-bond donors (Lipinski definition) is 0. The summed E-state index contributed by atoms with van der Waals surface area (Å²) < 4.78 is 0. The maximum atomic E-state index is 12.3. The first-order chi connectivity index (χ1) is 9.71. The van der Waals surface area contributed by atoms with E-state index in [1.54, 1.807) is 25.1 Å². The van der Waals surface area contributed by atoms with E-state index in [1.807, 2.05) is 23.1 Å². The highest BCUT2D eigenvalue weighted by molar-refractivity contribution is 5.99. The van der Waals surface area contributed by atoms with E-state index >= 15 is 0 Å². The van der Waals surface area contributed by atoms with Crippen LogP contribution in [0, 0.1) is 5.41 Å². The summed E-state index contributed by atoms with van der Waals surface area (Å²) in [5.41, 5.74) is 1.46. The van der Waals surface area contributed by atoms with Gasteiger partial charge in [0, 0.05) is 37.8 Å². The molecule has 0 N–H and O–H groups in total. The molecule has 0 spiro atoms. The van der Waals surface area contributed by atoms with Crippen molar-refractivity contribution in [2.75, 3.05) is 19.0 Å². The molecular weight excluding hydrogens is 264 g/mol. The molecule has 0 saturated carbocycles. The molecule has 2 amide bonds. The van der Waals surface area contributed by atoms with Crippen molar-refractivity contribution in [2.45, 2.75) is 39.7 Å². The number of carbonyl (C=O) groups is 2. The van der Waals surface area contributed by atoms with Crippen molar-refractivity contribution in [1.82, 2.24) is 4.90 Å². The summed E-state index contributed by atoms with van der Waals surface area (Å²) >= 11 is 0. The zero-order valence-electron chi connectivity index (χ0n) is 13.5. The van der Waals surface area contributed by atoms with Crippen molar-refractivity contribution in [3.8, 4) is 0 Å². The van der Waals surface area contributed by atoms with Crippen molar-refractivity contribution in [1.29, 1.82) is 0 Å². The Hall–Kier alpha value is -1.84. The van der Waals surface area contributed by atoms with E-state index in [0.29, 0.717) is 12.0 Å². The van der Waals surface area contributed by atoms with E-state index in [-0.39, 0.29) is 23.3 Å². The van der Waals surface area contributed by atoms with E-state index in [2.05, 4.69) is 20.8 Å². The fourth-order valence-corrected chi connectivity index (χ4v) is 2.87. The summed E-state index contributed by atoms with van der Waals surface area (Å²) in [5.74, 6) is 0.0974. The lowest BCUT2D eigenvalue weighted by Crippen LogP contribution is -2.41. The van der Waals surface area contributed by atoms with Gasteiger partial charge in [-0.05, 0) is 30.0 Å². The van der Waals surface area contributed by atoms with Crippen molar-refractivity contribution in [3.63, 3.8) is 0 Å². The molecule has 0 bridgehead atoms. The lowest BCUT2D eigenvalue weighted by molar-refractivity contribution is -0.117. The van der Waals surface area contributed by atoms with Gasteiger partial charge in [-0.3, -0.25) is 9.59 Å². The fourth-order valence-electron chi connectivity index (χ4n) is 2.87. The first kappa shape index (κ1) is 15.5. The molecule has 1 unspecified atom stereocenters. The van der Waals surface area contributed by atoms with Crippen LogP contribution in [0.15, 0.2) is 24.3 Å². The molecule has 1 aromatic carbocycles. The number of hydrogen-bond acceptors (Lipinski definition) is 2. The Morgan fingerprint density at radius 2 is 1.95 bits per heavy atom. The van der Waals surface area contributed by atoms with Crippen LogP contribution in [0.1, 0.15) is 44.0 Å². The smallest absolute Gasteiger partial charge is 0.253 e. The summed E-state index contributed by atoms with van der Waals surface area (Å²) in [6, 6.07) is 7.55. The number of benzene rings is 1. The maximum absolute atomic E-state index is 12.3. The molecule has 1 saturated heterocycles. The SMILES string of the molecule is CN(C)C(=O)c1cccc(N2C(=O)CCC2C(C)(C)C)c1. The minimum Gasteiger partial charge on any atom is -0.345 e. The standard InChI is InChI=1S/C17H24N2O2/c1-17(2,3)14-9-10-15(20)19(14)13-8-6-7-12(11-13)16(21)18(4)5/h6-8,11,14H,9-10H2,1-5H3. The summed E-state index contributed by atoms with van der Waals surface area (Å²) in [7, 11) is 3.46. The van der Waals surface area contributed by atoms with E-state index in [4.69, 9.17) is 0 Å². The van der Waals surface area contributed by atoms with Gasteiger partial charge in [0.2, 0.25) is 5.91 Å². The van der Waals surface area contributed by atoms with Crippen LogP contribution >= 0.6 is 0 Å². The van der Waals surface area contributed by atoms with E-state index in [9.17, 15) is 9.59 Å². The molecule has 21 heavy (non-hydrogen) atoms. The molecule has 1 fully saturated rings. The highest BCUT2D eigenvalue weighted by atomic mass is 16.2.